The van der Waals surface area contributed by atoms with Crippen LogP contribution in [0.15, 0.2) is 24.3 Å². The number of nitrogens with zero attached hydrogens (tertiary/aromatic N) is 1. The standard InChI is InChI=1S/C22H29N3OS/c1-22(2,3)14-8-11-16-17(12-14)27-21-18(16)20(26)23-19(24-21)13-6-9-15(10-7-13)25(4)5/h6-7,9-10,14,19,24H,8,11-12H2,1-5H3,(H,23,26)/t14-,19-/m0/s1. The largest absolute Gasteiger partial charge is 0.378 e. The second-order valence-electron chi connectivity index (χ2n) is 9.05. The summed E-state index contributed by atoms with van der Waals surface area (Å²) in [5.41, 5.74) is 4.72. The average molecular weight is 384 g/mol. The molecule has 0 bridgehead atoms. The molecule has 1 aliphatic heterocycles. The summed E-state index contributed by atoms with van der Waals surface area (Å²) in [6.07, 6.45) is 3.11. The molecule has 5 heteroatoms. The second kappa shape index (κ2) is 6.55. The molecule has 0 fully saturated rings. The summed E-state index contributed by atoms with van der Waals surface area (Å²) in [5, 5.41) is 7.78. The van der Waals surface area contributed by atoms with E-state index >= 15 is 0 Å². The molecule has 0 unspecified atom stereocenters. The van der Waals surface area contributed by atoms with E-state index in [1.807, 2.05) is 14.1 Å². The van der Waals surface area contributed by atoms with Crippen LogP contribution in [0.5, 0.6) is 0 Å². The van der Waals surface area contributed by atoms with Crippen LogP contribution < -0.4 is 15.5 Å². The number of benzene rings is 1. The van der Waals surface area contributed by atoms with Gasteiger partial charge in [-0.15, -0.1) is 11.3 Å². The van der Waals surface area contributed by atoms with E-state index in [1.54, 1.807) is 11.3 Å². The van der Waals surface area contributed by atoms with Gasteiger partial charge in [-0.2, -0.15) is 0 Å². The molecule has 144 valence electrons. The lowest BCUT2D eigenvalue weighted by Crippen LogP contribution is -2.38. The summed E-state index contributed by atoms with van der Waals surface area (Å²) in [6.45, 7) is 6.98. The van der Waals surface area contributed by atoms with E-state index in [0.717, 1.165) is 34.7 Å². The predicted octanol–water partition coefficient (Wildman–Crippen LogP) is 4.82. The molecule has 4 rings (SSSR count). The van der Waals surface area contributed by atoms with Crippen LogP contribution in [0.25, 0.3) is 0 Å². The van der Waals surface area contributed by atoms with Crippen LogP contribution >= 0.6 is 11.3 Å². The molecule has 2 aromatic rings. The lowest BCUT2D eigenvalue weighted by atomic mass is 9.72. The van der Waals surface area contributed by atoms with Gasteiger partial charge >= 0.3 is 0 Å². The first-order valence-corrected chi connectivity index (χ1v) is 10.5. The highest BCUT2D eigenvalue weighted by molar-refractivity contribution is 7.16. The average Bonchev–Trinajstić information content (AvgIpc) is 2.99. The van der Waals surface area contributed by atoms with Crippen molar-refractivity contribution in [1.29, 1.82) is 0 Å². The van der Waals surface area contributed by atoms with E-state index in [-0.39, 0.29) is 12.1 Å². The third-order valence-electron chi connectivity index (χ3n) is 6.01. The van der Waals surface area contributed by atoms with Crippen molar-refractivity contribution >= 4 is 27.9 Å². The minimum Gasteiger partial charge on any atom is -0.378 e. The predicted molar refractivity (Wildman–Crippen MR) is 114 cm³/mol. The summed E-state index contributed by atoms with van der Waals surface area (Å²) in [6, 6.07) is 8.35. The quantitative estimate of drug-likeness (QED) is 0.781. The summed E-state index contributed by atoms with van der Waals surface area (Å²) >= 11 is 1.79. The molecule has 1 aliphatic carbocycles. The molecular formula is C22H29N3OS. The maximum absolute atomic E-state index is 12.9. The Labute approximate surface area is 166 Å². The Balaban J connectivity index is 1.60. The van der Waals surface area contributed by atoms with Crippen molar-refractivity contribution in [2.45, 2.75) is 46.2 Å². The Hall–Kier alpha value is -2.01. The minimum absolute atomic E-state index is 0.0668. The lowest BCUT2D eigenvalue weighted by Gasteiger charge is -2.34. The number of rotatable bonds is 2. The summed E-state index contributed by atoms with van der Waals surface area (Å²) < 4.78 is 0. The summed E-state index contributed by atoms with van der Waals surface area (Å²) in [5.74, 6) is 0.750. The first-order chi connectivity index (χ1) is 12.7. The highest BCUT2D eigenvalue weighted by Gasteiger charge is 2.36. The zero-order valence-electron chi connectivity index (χ0n) is 16.8. The van der Waals surface area contributed by atoms with Crippen LogP contribution in [0.1, 0.15) is 59.7 Å². The molecule has 2 heterocycles. The van der Waals surface area contributed by atoms with E-state index in [2.05, 4.69) is 60.6 Å². The smallest absolute Gasteiger partial charge is 0.256 e. The highest BCUT2D eigenvalue weighted by Crippen LogP contribution is 2.46. The van der Waals surface area contributed by atoms with Crippen LogP contribution in [-0.4, -0.2) is 20.0 Å². The van der Waals surface area contributed by atoms with Gasteiger partial charge in [0.15, 0.2) is 0 Å². The zero-order valence-corrected chi connectivity index (χ0v) is 17.7. The Morgan fingerprint density at radius 2 is 1.81 bits per heavy atom. The van der Waals surface area contributed by atoms with Gasteiger partial charge in [-0.3, -0.25) is 4.79 Å². The summed E-state index contributed by atoms with van der Waals surface area (Å²) in [7, 11) is 4.06. The molecule has 1 aromatic heterocycles. The molecule has 0 radical (unpaired) electrons. The topological polar surface area (TPSA) is 44.4 Å². The van der Waals surface area contributed by atoms with Crippen molar-refractivity contribution in [3.8, 4) is 0 Å². The van der Waals surface area contributed by atoms with Gasteiger partial charge in [-0.25, -0.2) is 0 Å². The van der Waals surface area contributed by atoms with E-state index < -0.39 is 0 Å². The molecule has 2 atom stereocenters. The molecule has 1 aromatic carbocycles. The van der Waals surface area contributed by atoms with Crippen molar-refractivity contribution in [2.24, 2.45) is 11.3 Å². The van der Waals surface area contributed by atoms with E-state index in [9.17, 15) is 4.79 Å². The van der Waals surface area contributed by atoms with Crippen LogP contribution in [0, 0.1) is 11.3 Å². The highest BCUT2D eigenvalue weighted by atomic mass is 32.1. The molecule has 0 saturated heterocycles. The van der Waals surface area contributed by atoms with Gasteiger partial charge in [0, 0.05) is 24.7 Å². The fourth-order valence-corrected chi connectivity index (χ4v) is 5.52. The maximum atomic E-state index is 12.9. The SMILES string of the molecule is CN(C)c1ccc([C@H]2NC(=O)c3c(sc4c3CC[C@H](C(C)(C)C)C4)N2)cc1. The Kier molecular flexibility index (Phi) is 4.46. The fraction of sp³-hybridized carbons (Fsp3) is 0.500. The number of nitrogens with one attached hydrogen (secondary N) is 2. The molecule has 4 nitrogen and oxygen atoms in total. The lowest BCUT2D eigenvalue weighted by molar-refractivity contribution is 0.0935. The number of carbonyl (C=O) groups excluding carboxylic acids is 1. The van der Waals surface area contributed by atoms with Crippen LogP contribution in [0.4, 0.5) is 10.7 Å². The third kappa shape index (κ3) is 3.33. The first-order valence-electron chi connectivity index (χ1n) is 9.73. The second-order valence-corrected chi connectivity index (χ2v) is 10.2. The van der Waals surface area contributed by atoms with Gasteiger partial charge < -0.3 is 15.5 Å². The van der Waals surface area contributed by atoms with Crippen molar-refractivity contribution < 1.29 is 4.79 Å². The number of anilines is 2. The number of thiophene rings is 1. The number of hydrogen-bond donors (Lipinski definition) is 2. The zero-order chi connectivity index (χ0) is 19.3. The molecule has 2 N–H and O–H groups in total. The Bertz CT molecular complexity index is 861. The number of carbonyl (C=O) groups is 1. The molecule has 27 heavy (non-hydrogen) atoms. The van der Waals surface area contributed by atoms with Gasteiger partial charge in [0.2, 0.25) is 0 Å². The number of amides is 1. The van der Waals surface area contributed by atoms with Crippen molar-refractivity contribution in [2.75, 3.05) is 24.3 Å². The van der Waals surface area contributed by atoms with Gasteiger partial charge in [0.05, 0.1) is 5.56 Å². The van der Waals surface area contributed by atoms with Crippen molar-refractivity contribution in [1.82, 2.24) is 5.32 Å². The van der Waals surface area contributed by atoms with E-state index in [0.29, 0.717) is 11.3 Å². The molecule has 0 saturated carbocycles. The van der Waals surface area contributed by atoms with Crippen molar-refractivity contribution in [3.05, 3.63) is 45.8 Å². The first kappa shape index (κ1) is 18.4. The molecular weight excluding hydrogens is 354 g/mol. The minimum atomic E-state index is -0.167. The molecule has 2 aliphatic rings. The van der Waals surface area contributed by atoms with E-state index in [1.165, 1.54) is 16.9 Å². The van der Waals surface area contributed by atoms with Gasteiger partial charge in [-0.1, -0.05) is 32.9 Å². The van der Waals surface area contributed by atoms with Crippen molar-refractivity contribution in [3.63, 3.8) is 0 Å². The Morgan fingerprint density at radius 1 is 1.11 bits per heavy atom. The van der Waals surface area contributed by atoms with E-state index in [4.69, 9.17) is 0 Å². The fourth-order valence-electron chi connectivity index (χ4n) is 4.17. The normalized spacial score (nSPS) is 21.7. The van der Waals surface area contributed by atoms with Crippen LogP contribution in [0.3, 0.4) is 0 Å². The van der Waals surface area contributed by atoms with Crippen LogP contribution in [-0.2, 0) is 12.8 Å². The van der Waals surface area contributed by atoms with Gasteiger partial charge in [0.25, 0.3) is 5.91 Å². The van der Waals surface area contributed by atoms with Gasteiger partial charge in [0.1, 0.15) is 11.2 Å². The number of fused-ring (bicyclic) bond motifs is 3. The number of hydrogen-bond acceptors (Lipinski definition) is 4. The third-order valence-corrected chi connectivity index (χ3v) is 7.20. The Morgan fingerprint density at radius 3 is 2.44 bits per heavy atom. The molecule has 0 spiro atoms. The van der Waals surface area contributed by atoms with Crippen LogP contribution in [0.2, 0.25) is 0 Å². The summed E-state index contributed by atoms with van der Waals surface area (Å²) in [4.78, 5) is 16.4. The monoisotopic (exact) mass is 383 g/mol. The maximum Gasteiger partial charge on any atom is 0.256 e. The van der Waals surface area contributed by atoms with Gasteiger partial charge in [-0.05, 0) is 53.9 Å². The molecule has 1 amide bonds.